The lowest BCUT2D eigenvalue weighted by Gasteiger charge is -2.03. The summed E-state index contributed by atoms with van der Waals surface area (Å²) in [6.07, 6.45) is 2.38. The highest BCUT2D eigenvalue weighted by Gasteiger charge is 2.09. The molecule has 0 saturated carbocycles. The van der Waals surface area contributed by atoms with E-state index in [9.17, 15) is 4.79 Å². The molecule has 0 amide bonds. The summed E-state index contributed by atoms with van der Waals surface area (Å²) in [5, 5.41) is 4.36. The Hall–Kier alpha value is -1.12. The zero-order valence-corrected chi connectivity index (χ0v) is 10.1. The summed E-state index contributed by atoms with van der Waals surface area (Å²) in [5.41, 5.74) is 2.25. The summed E-state index contributed by atoms with van der Waals surface area (Å²) in [7, 11) is 1.94. The molecule has 0 fully saturated rings. The Morgan fingerprint density at radius 1 is 1.53 bits per heavy atom. The van der Waals surface area contributed by atoms with Crippen LogP contribution >= 0.6 is 0 Å². The predicted octanol–water partition coefficient (Wildman–Crippen LogP) is 2.14. The molecule has 3 heteroatoms. The number of hydrogen-bond donors (Lipinski definition) is 0. The molecule has 0 unspecified atom stereocenters. The third-order valence-corrected chi connectivity index (χ3v) is 2.66. The van der Waals surface area contributed by atoms with Crippen LogP contribution in [0.4, 0.5) is 0 Å². The monoisotopic (exact) mass is 208 g/mol. The molecule has 0 saturated heterocycles. The topological polar surface area (TPSA) is 34.9 Å². The maximum Gasteiger partial charge on any atom is 0.135 e. The van der Waals surface area contributed by atoms with Gasteiger partial charge < -0.3 is 0 Å². The van der Waals surface area contributed by atoms with Crippen molar-refractivity contribution in [1.82, 2.24) is 9.78 Å². The average Bonchev–Trinajstić information content (AvgIpc) is 2.55. The van der Waals surface area contributed by atoms with Gasteiger partial charge in [-0.25, -0.2) is 0 Å². The molecule has 0 N–H and O–H groups in total. The minimum Gasteiger partial charge on any atom is -0.299 e. The van der Waals surface area contributed by atoms with Gasteiger partial charge >= 0.3 is 0 Å². The van der Waals surface area contributed by atoms with Crippen LogP contribution in [-0.4, -0.2) is 15.6 Å². The molecule has 15 heavy (non-hydrogen) atoms. The van der Waals surface area contributed by atoms with E-state index >= 15 is 0 Å². The second-order valence-corrected chi connectivity index (χ2v) is 4.23. The van der Waals surface area contributed by atoms with Crippen molar-refractivity contribution in [1.29, 1.82) is 0 Å². The number of aryl methyl sites for hydroxylation is 3. The minimum absolute atomic E-state index is 0.142. The Balaban J connectivity index is 2.57. The minimum atomic E-state index is 0.142. The van der Waals surface area contributed by atoms with Crippen LogP contribution in [0.2, 0.25) is 0 Å². The van der Waals surface area contributed by atoms with Crippen molar-refractivity contribution in [2.24, 2.45) is 13.0 Å². The average molecular weight is 208 g/mol. The van der Waals surface area contributed by atoms with E-state index in [1.165, 1.54) is 0 Å². The number of rotatable bonds is 5. The van der Waals surface area contributed by atoms with Gasteiger partial charge in [-0.2, -0.15) is 5.10 Å². The largest absolute Gasteiger partial charge is 0.299 e. The van der Waals surface area contributed by atoms with Crippen LogP contribution in [0.3, 0.4) is 0 Å². The first-order chi connectivity index (χ1) is 7.04. The van der Waals surface area contributed by atoms with Gasteiger partial charge in [0.15, 0.2) is 0 Å². The number of carbonyl (C=O) groups excluding carboxylic acids is 1. The normalized spacial score (nSPS) is 11.0. The van der Waals surface area contributed by atoms with Gasteiger partial charge in [-0.1, -0.05) is 20.8 Å². The number of ketones is 1. The fourth-order valence-corrected chi connectivity index (χ4v) is 1.52. The number of aromatic nitrogens is 2. The van der Waals surface area contributed by atoms with E-state index in [0.717, 1.165) is 24.2 Å². The van der Waals surface area contributed by atoms with Gasteiger partial charge in [0.2, 0.25) is 0 Å². The van der Waals surface area contributed by atoms with E-state index in [1.54, 1.807) is 0 Å². The molecular formula is C12H20N2O. The highest BCUT2D eigenvalue weighted by atomic mass is 16.1. The Morgan fingerprint density at radius 3 is 2.67 bits per heavy atom. The lowest BCUT2D eigenvalue weighted by Crippen LogP contribution is -2.09. The number of carbonyl (C=O) groups is 1. The van der Waals surface area contributed by atoms with Gasteiger partial charge in [-0.3, -0.25) is 9.48 Å². The fourth-order valence-electron chi connectivity index (χ4n) is 1.52. The van der Waals surface area contributed by atoms with Crippen LogP contribution < -0.4 is 0 Å². The summed E-state index contributed by atoms with van der Waals surface area (Å²) in [6, 6.07) is 2.09. The van der Waals surface area contributed by atoms with E-state index < -0.39 is 0 Å². The van der Waals surface area contributed by atoms with Crippen molar-refractivity contribution in [3.8, 4) is 0 Å². The van der Waals surface area contributed by atoms with Gasteiger partial charge in [-0.15, -0.1) is 0 Å². The summed E-state index contributed by atoms with van der Waals surface area (Å²) in [4.78, 5) is 11.5. The smallest absolute Gasteiger partial charge is 0.135 e. The molecule has 0 bridgehead atoms. The Kier molecular flexibility index (Phi) is 4.06. The summed E-state index contributed by atoms with van der Waals surface area (Å²) in [5.74, 6) is 0.470. The van der Waals surface area contributed by atoms with E-state index in [1.807, 2.05) is 25.6 Å². The molecular weight excluding hydrogens is 188 g/mol. The van der Waals surface area contributed by atoms with E-state index in [2.05, 4.69) is 18.1 Å². The molecule has 0 atom stereocenters. The highest BCUT2D eigenvalue weighted by Crippen LogP contribution is 2.09. The summed E-state index contributed by atoms with van der Waals surface area (Å²) in [6.45, 7) is 5.98. The van der Waals surface area contributed by atoms with Crippen LogP contribution in [0.1, 0.15) is 38.6 Å². The first-order valence-corrected chi connectivity index (χ1v) is 5.59. The summed E-state index contributed by atoms with van der Waals surface area (Å²) >= 11 is 0. The molecule has 1 aromatic rings. The van der Waals surface area contributed by atoms with Crippen molar-refractivity contribution in [3.63, 3.8) is 0 Å². The van der Waals surface area contributed by atoms with Crippen molar-refractivity contribution < 1.29 is 4.79 Å². The molecule has 3 nitrogen and oxygen atoms in total. The lowest BCUT2D eigenvalue weighted by atomic mass is 10.0. The molecule has 0 spiro atoms. The Labute approximate surface area is 91.5 Å². The van der Waals surface area contributed by atoms with Crippen LogP contribution in [-0.2, 0) is 24.7 Å². The Bertz CT molecular complexity index is 339. The molecule has 0 aromatic carbocycles. The second kappa shape index (κ2) is 5.10. The number of hydrogen-bond acceptors (Lipinski definition) is 2. The first-order valence-electron chi connectivity index (χ1n) is 5.59. The standard InChI is InChI=1S/C12H20N2O/c1-5-10-8-11(14(4)13-10)6-7-12(15)9(2)3/h8-9H,5-7H2,1-4H3. The lowest BCUT2D eigenvalue weighted by molar-refractivity contribution is -0.121. The van der Waals surface area contributed by atoms with E-state index in [0.29, 0.717) is 12.2 Å². The zero-order chi connectivity index (χ0) is 11.4. The first kappa shape index (κ1) is 12.0. The number of Topliss-reactive ketones (excluding diaryl/α,β-unsaturated/α-hetero) is 1. The SMILES string of the molecule is CCc1cc(CCC(=O)C(C)C)n(C)n1. The zero-order valence-electron chi connectivity index (χ0n) is 10.1. The van der Waals surface area contributed by atoms with Crippen LogP contribution in [0.5, 0.6) is 0 Å². The quantitative estimate of drug-likeness (QED) is 0.743. The Morgan fingerprint density at radius 2 is 2.20 bits per heavy atom. The molecule has 0 aliphatic heterocycles. The van der Waals surface area contributed by atoms with Gasteiger partial charge in [0.05, 0.1) is 5.69 Å². The molecule has 0 radical (unpaired) electrons. The van der Waals surface area contributed by atoms with Crippen molar-refractivity contribution in [3.05, 3.63) is 17.5 Å². The van der Waals surface area contributed by atoms with E-state index in [4.69, 9.17) is 0 Å². The van der Waals surface area contributed by atoms with Crippen molar-refractivity contribution in [2.75, 3.05) is 0 Å². The molecule has 0 aliphatic carbocycles. The molecule has 1 aromatic heterocycles. The van der Waals surface area contributed by atoms with Crippen molar-refractivity contribution >= 4 is 5.78 Å². The summed E-state index contributed by atoms with van der Waals surface area (Å²) < 4.78 is 1.88. The van der Waals surface area contributed by atoms with Crippen LogP contribution in [0, 0.1) is 5.92 Å². The van der Waals surface area contributed by atoms with Gasteiger partial charge in [-0.05, 0) is 18.9 Å². The van der Waals surface area contributed by atoms with Crippen LogP contribution in [0.15, 0.2) is 6.07 Å². The third kappa shape index (κ3) is 3.18. The highest BCUT2D eigenvalue weighted by molar-refractivity contribution is 5.80. The van der Waals surface area contributed by atoms with Gasteiger partial charge in [0.25, 0.3) is 0 Å². The van der Waals surface area contributed by atoms with Gasteiger partial charge in [0, 0.05) is 25.1 Å². The predicted molar refractivity (Wildman–Crippen MR) is 60.8 cm³/mol. The number of nitrogens with zero attached hydrogens (tertiary/aromatic N) is 2. The second-order valence-electron chi connectivity index (χ2n) is 4.23. The third-order valence-electron chi connectivity index (χ3n) is 2.66. The van der Waals surface area contributed by atoms with E-state index in [-0.39, 0.29) is 5.92 Å². The van der Waals surface area contributed by atoms with Crippen LogP contribution in [0.25, 0.3) is 0 Å². The molecule has 0 aliphatic rings. The fraction of sp³-hybridized carbons (Fsp3) is 0.667. The molecule has 1 heterocycles. The molecule has 84 valence electrons. The maximum atomic E-state index is 11.5. The molecule has 1 rings (SSSR count). The maximum absolute atomic E-state index is 11.5. The van der Waals surface area contributed by atoms with Gasteiger partial charge in [0.1, 0.15) is 5.78 Å². The van der Waals surface area contributed by atoms with Crippen molar-refractivity contribution in [2.45, 2.75) is 40.0 Å².